The molecule has 1 aromatic carbocycles. The van der Waals surface area contributed by atoms with Crippen LogP contribution in [0, 0.1) is 11.7 Å². The predicted octanol–water partition coefficient (Wildman–Crippen LogP) is 2.56. The van der Waals surface area contributed by atoms with E-state index in [9.17, 15) is 4.39 Å². The number of hydrogen-bond donors (Lipinski definition) is 1. The molecule has 1 aliphatic heterocycles. The van der Waals surface area contributed by atoms with Crippen LogP contribution in [0.5, 0.6) is 0 Å². The molecule has 2 nitrogen and oxygen atoms in total. The maximum atomic E-state index is 12.8. The lowest BCUT2D eigenvalue weighted by molar-refractivity contribution is 0.00257. The molecule has 0 aliphatic carbocycles. The summed E-state index contributed by atoms with van der Waals surface area (Å²) in [6.07, 6.45) is 0. The van der Waals surface area contributed by atoms with Gasteiger partial charge in [-0.15, -0.1) is 0 Å². The summed E-state index contributed by atoms with van der Waals surface area (Å²) >= 11 is 0. The molecule has 0 spiro atoms. The Balaban J connectivity index is 1.95. The summed E-state index contributed by atoms with van der Waals surface area (Å²) in [7, 11) is 0. The number of likely N-dealkylation sites (tertiary alicyclic amines) is 1. The molecule has 0 bridgehead atoms. The highest BCUT2D eigenvalue weighted by Gasteiger charge is 2.37. The van der Waals surface area contributed by atoms with Gasteiger partial charge in [0.25, 0.3) is 0 Å². The first-order valence-corrected chi connectivity index (χ1v) is 6.14. The lowest BCUT2D eigenvalue weighted by Crippen LogP contribution is -2.58. The Hall–Kier alpha value is -0.930. The Kier molecular flexibility index (Phi) is 3.23. The van der Waals surface area contributed by atoms with Crippen molar-refractivity contribution in [1.29, 1.82) is 0 Å². The third-order valence-electron chi connectivity index (χ3n) is 3.62. The SMILES string of the molecule is CC(C)(C)N1CC(C(N)c2ccc(F)cc2)C1. The number of hydrogen-bond acceptors (Lipinski definition) is 2. The first-order chi connectivity index (χ1) is 7.88. The summed E-state index contributed by atoms with van der Waals surface area (Å²) in [4.78, 5) is 2.42. The second-order valence-corrected chi connectivity index (χ2v) is 5.91. The summed E-state index contributed by atoms with van der Waals surface area (Å²) in [5.41, 5.74) is 7.46. The van der Waals surface area contributed by atoms with Crippen LogP contribution in [-0.2, 0) is 0 Å². The highest BCUT2D eigenvalue weighted by atomic mass is 19.1. The van der Waals surface area contributed by atoms with Gasteiger partial charge in [-0.1, -0.05) is 12.1 Å². The molecule has 1 unspecified atom stereocenters. The van der Waals surface area contributed by atoms with Crippen molar-refractivity contribution in [1.82, 2.24) is 4.90 Å². The number of benzene rings is 1. The highest BCUT2D eigenvalue weighted by Crippen LogP contribution is 2.32. The van der Waals surface area contributed by atoms with Crippen molar-refractivity contribution in [3.8, 4) is 0 Å². The van der Waals surface area contributed by atoms with Crippen LogP contribution in [0.15, 0.2) is 24.3 Å². The van der Waals surface area contributed by atoms with Crippen molar-refractivity contribution >= 4 is 0 Å². The van der Waals surface area contributed by atoms with Crippen LogP contribution in [0.3, 0.4) is 0 Å². The van der Waals surface area contributed by atoms with E-state index in [1.807, 2.05) is 0 Å². The van der Waals surface area contributed by atoms with Gasteiger partial charge < -0.3 is 5.73 Å². The lowest BCUT2D eigenvalue weighted by atomic mass is 9.84. The van der Waals surface area contributed by atoms with E-state index in [0.29, 0.717) is 5.92 Å². The second kappa shape index (κ2) is 4.39. The molecular formula is C14H21FN2. The van der Waals surface area contributed by atoms with Gasteiger partial charge >= 0.3 is 0 Å². The van der Waals surface area contributed by atoms with Gasteiger partial charge in [0.1, 0.15) is 5.82 Å². The van der Waals surface area contributed by atoms with E-state index >= 15 is 0 Å². The average Bonchev–Trinajstić information content (AvgIpc) is 2.13. The van der Waals surface area contributed by atoms with Gasteiger partial charge in [0.05, 0.1) is 0 Å². The van der Waals surface area contributed by atoms with Crippen LogP contribution in [0.4, 0.5) is 4.39 Å². The fraction of sp³-hybridized carbons (Fsp3) is 0.571. The van der Waals surface area contributed by atoms with Crippen molar-refractivity contribution in [2.45, 2.75) is 32.4 Å². The lowest BCUT2D eigenvalue weighted by Gasteiger charge is -2.49. The molecule has 0 radical (unpaired) electrons. The molecule has 1 saturated heterocycles. The van der Waals surface area contributed by atoms with Crippen molar-refractivity contribution in [3.63, 3.8) is 0 Å². The molecule has 17 heavy (non-hydrogen) atoms. The smallest absolute Gasteiger partial charge is 0.123 e. The molecule has 1 aliphatic rings. The monoisotopic (exact) mass is 236 g/mol. The molecule has 0 amide bonds. The number of rotatable bonds is 2. The van der Waals surface area contributed by atoms with E-state index < -0.39 is 0 Å². The largest absolute Gasteiger partial charge is 0.324 e. The minimum Gasteiger partial charge on any atom is -0.324 e. The zero-order chi connectivity index (χ0) is 12.6. The van der Waals surface area contributed by atoms with E-state index in [4.69, 9.17) is 5.73 Å². The van der Waals surface area contributed by atoms with Gasteiger partial charge in [0.15, 0.2) is 0 Å². The molecule has 3 heteroatoms. The minimum absolute atomic E-state index is 0.0224. The Bertz CT molecular complexity index is 374. The van der Waals surface area contributed by atoms with Gasteiger partial charge in [-0.3, -0.25) is 4.90 Å². The van der Waals surface area contributed by atoms with E-state index in [1.54, 1.807) is 12.1 Å². The minimum atomic E-state index is -0.203. The average molecular weight is 236 g/mol. The van der Waals surface area contributed by atoms with Gasteiger partial charge in [0.2, 0.25) is 0 Å². The maximum absolute atomic E-state index is 12.8. The second-order valence-electron chi connectivity index (χ2n) is 5.91. The van der Waals surface area contributed by atoms with Gasteiger partial charge in [0, 0.05) is 30.6 Å². The van der Waals surface area contributed by atoms with Crippen LogP contribution in [-0.4, -0.2) is 23.5 Å². The van der Waals surface area contributed by atoms with Crippen LogP contribution in [0.25, 0.3) is 0 Å². The molecular weight excluding hydrogens is 215 g/mol. The summed E-state index contributed by atoms with van der Waals surface area (Å²) in [6, 6.07) is 6.57. The standard InChI is InChI=1S/C14H21FN2/c1-14(2,3)17-8-11(9-17)13(16)10-4-6-12(15)7-5-10/h4-7,11,13H,8-9,16H2,1-3H3. The summed E-state index contributed by atoms with van der Waals surface area (Å²) in [6.45, 7) is 8.70. The fourth-order valence-corrected chi connectivity index (χ4v) is 2.24. The summed E-state index contributed by atoms with van der Waals surface area (Å²) in [5, 5.41) is 0. The quantitative estimate of drug-likeness (QED) is 0.855. The van der Waals surface area contributed by atoms with Crippen molar-refractivity contribution < 1.29 is 4.39 Å². The number of nitrogens with zero attached hydrogens (tertiary/aromatic N) is 1. The molecule has 0 saturated carbocycles. The Labute approximate surface area is 103 Å². The number of nitrogens with two attached hydrogens (primary N) is 1. The summed E-state index contributed by atoms with van der Waals surface area (Å²) < 4.78 is 12.8. The van der Waals surface area contributed by atoms with E-state index in [0.717, 1.165) is 18.7 Å². The highest BCUT2D eigenvalue weighted by molar-refractivity contribution is 5.21. The molecule has 0 aromatic heterocycles. The first kappa shape index (κ1) is 12.5. The van der Waals surface area contributed by atoms with Crippen molar-refractivity contribution in [3.05, 3.63) is 35.6 Å². The third kappa shape index (κ3) is 2.67. The van der Waals surface area contributed by atoms with Gasteiger partial charge in [-0.2, -0.15) is 0 Å². The Morgan fingerprint density at radius 3 is 2.24 bits per heavy atom. The predicted molar refractivity (Wildman–Crippen MR) is 68.1 cm³/mol. The molecule has 94 valence electrons. The Morgan fingerprint density at radius 2 is 1.76 bits per heavy atom. The Morgan fingerprint density at radius 1 is 1.24 bits per heavy atom. The van der Waals surface area contributed by atoms with E-state index in [2.05, 4.69) is 25.7 Å². The maximum Gasteiger partial charge on any atom is 0.123 e. The van der Waals surface area contributed by atoms with E-state index in [1.165, 1.54) is 12.1 Å². The topological polar surface area (TPSA) is 29.3 Å². The summed E-state index contributed by atoms with van der Waals surface area (Å²) in [5.74, 6) is 0.283. The van der Waals surface area contributed by atoms with E-state index in [-0.39, 0.29) is 17.4 Å². The molecule has 1 atom stereocenters. The van der Waals surface area contributed by atoms with Gasteiger partial charge in [-0.25, -0.2) is 4.39 Å². The van der Waals surface area contributed by atoms with Crippen LogP contribution in [0.1, 0.15) is 32.4 Å². The molecule has 2 rings (SSSR count). The fourth-order valence-electron chi connectivity index (χ4n) is 2.24. The molecule has 1 heterocycles. The zero-order valence-electron chi connectivity index (χ0n) is 10.8. The van der Waals surface area contributed by atoms with Crippen LogP contribution in [0.2, 0.25) is 0 Å². The van der Waals surface area contributed by atoms with Crippen LogP contribution >= 0.6 is 0 Å². The molecule has 1 aromatic rings. The van der Waals surface area contributed by atoms with Gasteiger partial charge in [-0.05, 0) is 38.5 Å². The van der Waals surface area contributed by atoms with Crippen molar-refractivity contribution in [2.24, 2.45) is 11.7 Å². The molecule has 1 fully saturated rings. The zero-order valence-corrected chi connectivity index (χ0v) is 10.8. The normalized spacial score (nSPS) is 20.1. The van der Waals surface area contributed by atoms with Crippen LogP contribution < -0.4 is 5.73 Å². The third-order valence-corrected chi connectivity index (χ3v) is 3.62. The van der Waals surface area contributed by atoms with Crippen molar-refractivity contribution in [2.75, 3.05) is 13.1 Å². The first-order valence-electron chi connectivity index (χ1n) is 6.14. The number of halogens is 1. The molecule has 2 N–H and O–H groups in total.